The van der Waals surface area contributed by atoms with Crippen LogP contribution in [0.15, 0.2) is 0 Å². The summed E-state index contributed by atoms with van der Waals surface area (Å²) in [5.74, 6) is 0.254. The number of nitrogens with one attached hydrogen (secondary N) is 1. The van der Waals surface area contributed by atoms with Gasteiger partial charge >= 0.3 is 0 Å². The van der Waals surface area contributed by atoms with Crippen molar-refractivity contribution >= 4 is 18.3 Å². The maximum Gasteiger partial charge on any atom is 0.225 e. The number of nitrogens with zero attached hydrogens (tertiary/aromatic N) is 1. The van der Waals surface area contributed by atoms with Gasteiger partial charge in [-0.15, -0.1) is 12.4 Å². The third-order valence-corrected chi connectivity index (χ3v) is 3.91. The fraction of sp³-hybridized carbons (Fsp3) is 0.923. The molecule has 0 aliphatic carbocycles. The molecule has 2 fully saturated rings. The van der Waals surface area contributed by atoms with Crippen molar-refractivity contribution in [2.24, 2.45) is 0 Å². The smallest absolute Gasteiger partial charge is 0.225 e. The van der Waals surface area contributed by atoms with E-state index in [0.717, 1.165) is 45.4 Å². The van der Waals surface area contributed by atoms with Crippen LogP contribution in [0, 0.1) is 0 Å². The van der Waals surface area contributed by atoms with Crippen LogP contribution in [-0.2, 0) is 9.53 Å². The summed E-state index contributed by atoms with van der Waals surface area (Å²) in [5, 5.41) is 3.38. The Morgan fingerprint density at radius 3 is 2.83 bits per heavy atom. The number of rotatable bonds is 3. The lowest BCUT2D eigenvalue weighted by Gasteiger charge is -2.28. The van der Waals surface area contributed by atoms with E-state index in [1.165, 1.54) is 6.42 Å². The normalized spacial score (nSPS) is 28.3. The number of halogens is 1. The van der Waals surface area contributed by atoms with E-state index in [1.807, 2.05) is 11.9 Å². The van der Waals surface area contributed by atoms with Gasteiger partial charge in [-0.3, -0.25) is 4.79 Å². The van der Waals surface area contributed by atoms with Crippen molar-refractivity contribution in [2.45, 2.75) is 50.7 Å². The molecule has 0 spiro atoms. The number of ether oxygens (including phenoxy) is 1. The molecular formula is C13H25ClN2O2. The molecular weight excluding hydrogens is 252 g/mol. The van der Waals surface area contributed by atoms with Gasteiger partial charge in [-0.05, 0) is 45.2 Å². The summed E-state index contributed by atoms with van der Waals surface area (Å²) in [4.78, 5) is 14.1. The number of hydrogen-bond acceptors (Lipinski definition) is 3. The van der Waals surface area contributed by atoms with Gasteiger partial charge in [-0.1, -0.05) is 0 Å². The van der Waals surface area contributed by atoms with Crippen molar-refractivity contribution in [3.8, 4) is 0 Å². The molecule has 18 heavy (non-hydrogen) atoms. The van der Waals surface area contributed by atoms with Crippen LogP contribution in [-0.4, -0.2) is 49.7 Å². The number of carbonyl (C=O) groups excluding carboxylic acids is 1. The van der Waals surface area contributed by atoms with Gasteiger partial charge in [0.15, 0.2) is 0 Å². The predicted molar refractivity (Wildman–Crippen MR) is 74.1 cm³/mol. The third kappa shape index (κ3) is 4.41. The molecule has 4 nitrogen and oxygen atoms in total. The number of hydrogen-bond donors (Lipinski definition) is 1. The van der Waals surface area contributed by atoms with E-state index in [0.29, 0.717) is 12.5 Å². The van der Waals surface area contributed by atoms with E-state index in [-0.39, 0.29) is 24.4 Å². The lowest BCUT2D eigenvalue weighted by Crippen LogP contribution is -2.39. The van der Waals surface area contributed by atoms with Crippen molar-refractivity contribution in [2.75, 3.05) is 26.7 Å². The Kier molecular flexibility index (Phi) is 6.97. The highest BCUT2D eigenvalue weighted by Crippen LogP contribution is 2.18. The zero-order valence-electron chi connectivity index (χ0n) is 11.2. The van der Waals surface area contributed by atoms with E-state index in [2.05, 4.69) is 5.32 Å². The Morgan fingerprint density at radius 1 is 1.28 bits per heavy atom. The molecule has 2 saturated heterocycles. The van der Waals surface area contributed by atoms with Gasteiger partial charge in [0.25, 0.3) is 0 Å². The van der Waals surface area contributed by atoms with Gasteiger partial charge in [-0.25, -0.2) is 0 Å². The highest BCUT2D eigenvalue weighted by molar-refractivity contribution is 5.85. The van der Waals surface area contributed by atoms with Crippen LogP contribution in [0.1, 0.15) is 38.5 Å². The quantitative estimate of drug-likeness (QED) is 0.851. The lowest BCUT2D eigenvalue weighted by atomic mass is 10.1. The van der Waals surface area contributed by atoms with E-state index in [9.17, 15) is 4.79 Å². The lowest BCUT2D eigenvalue weighted by molar-refractivity contribution is -0.134. The molecule has 2 rings (SSSR count). The van der Waals surface area contributed by atoms with Crippen molar-refractivity contribution in [1.82, 2.24) is 10.2 Å². The molecule has 2 aliphatic heterocycles. The molecule has 1 N–H and O–H groups in total. The van der Waals surface area contributed by atoms with Crippen LogP contribution in [0.3, 0.4) is 0 Å². The molecule has 0 bridgehead atoms. The van der Waals surface area contributed by atoms with Gasteiger partial charge in [0.05, 0.1) is 12.5 Å². The van der Waals surface area contributed by atoms with Crippen LogP contribution in [0.5, 0.6) is 0 Å². The Labute approximate surface area is 116 Å². The Balaban J connectivity index is 0.00000162. The summed E-state index contributed by atoms with van der Waals surface area (Å²) < 4.78 is 5.53. The minimum absolute atomic E-state index is 0. The highest BCUT2D eigenvalue weighted by Gasteiger charge is 2.25. The summed E-state index contributed by atoms with van der Waals surface area (Å²) in [7, 11) is 1.95. The summed E-state index contributed by atoms with van der Waals surface area (Å²) in [6.45, 7) is 2.95. The Hall–Kier alpha value is -0.320. The van der Waals surface area contributed by atoms with Crippen molar-refractivity contribution in [3.63, 3.8) is 0 Å². The summed E-state index contributed by atoms with van der Waals surface area (Å²) in [6.07, 6.45) is 6.27. The largest absolute Gasteiger partial charge is 0.378 e. The SMILES string of the molecule is CN(C(=O)CC1CCCO1)C1CCCNCC1.Cl. The van der Waals surface area contributed by atoms with Gasteiger partial charge in [0.1, 0.15) is 0 Å². The average molecular weight is 277 g/mol. The Bertz CT molecular complexity index is 249. The minimum atomic E-state index is 0. The monoisotopic (exact) mass is 276 g/mol. The fourth-order valence-corrected chi connectivity index (χ4v) is 2.74. The summed E-state index contributed by atoms with van der Waals surface area (Å²) in [5.41, 5.74) is 0. The molecule has 1 amide bonds. The zero-order valence-corrected chi connectivity index (χ0v) is 12.0. The summed E-state index contributed by atoms with van der Waals surface area (Å²) >= 11 is 0. The molecule has 0 aromatic heterocycles. The zero-order chi connectivity index (χ0) is 12.1. The standard InChI is InChI=1S/C13H24N2O2.ClH/c1-15(11-4-2-7-14-8-6-11)13(16)10-12-5-3-9-17-12;/h11-12,14H,2-10H2,1H3;1H. The van der Waals surface area contributed by atoms with Crippen LogP contribution < -0.4 is 5.32 Å². The molecule has 2 aliphatic rings. The second-order valence-corrected chi connectivity index (χ2v) is 5.18. The van der Waals surface area contributed by atoms with E-state index < -0.39 is 0 Å². The second-order valence-electron chi connectivity index (χ2n) is 5.18. The molecule has 2 unspecified atom stereocenters. The first-order valence-corrected chi connectivity index (χ1v) is 6.85. The van der Waals surface area contributed by atoms with Gasteiger partial charge in [0.2, 0.25) is 5.91 Å². The minimum Gasteiger partial charge on any atom is -0.378 e. The molecule has 0 aromatic carbocycles. The predicted octanol–water partition coefficient (Wildman–Crippen LogP) is 1.58. The molecule has 0 radical (unpaired) electrons. The highest BCUT2D eigenvalue weighted by atomic mass is 35.5. The second kappa shape index (κ2) is 7.97. The van der Waals surface area contributed by atoms with Crippen molar-refractivity contribution in [3.05, 3.63) is 0 Å². The molecule has 106 valence electrons. The molecule has 2 heterocycles. The van der Waals surface area contributed by atoms with Crippen LogP contribution >= 0.6 is 12.4 Å². The average Bonchev–Trinajstić information content (AvgIpc) is 2.68. The van der Waals surface area contributed by atoms with Crippen LogP contribution in [0.25, 0.3) is 0 Å². The van der Waals surface area contributed by atoms with E-state index >= 15 is 0 Å². The van der Waals surface area contributed by atoms with Gasteiger partial charge < -0.3 is 15.0 Å². The topological polar surface area (TPSA) is 41.6 Å². The third-order valence-electron chi connectivity index (χ3n) is 3.91. The van der Waals surface area contributed by atoms with Gasteiger partial charge in [-0.2, -0.15) is 0 Å². The first-order valence-electron chi connectivity index (χ1n) is 6.85. The van der Waals surface area contributed by atoms with E-state index in [1.54, 1.807) is 0 Å². The number of carbonyl (C=O) groups is 1. The Morgan fingerprint density at radius 2 is 2.11 bits per heavy atom. The van der Waals surface area contributed by atoms with Crippen LogP contribution in [0.2, 0.25) is 0 Å². The number of amides is 1. The maximum atomic E-state index is 12.1. The van der Waals surface area contributed by atoms with E-state index in [4.69, 9.17) is 4.74 Å². The first-order chi connectivity index (χ1) is 8.27. The van der Waals surface area contributed by atoms with Crippen molar-refractivity contribution in [1.29, 1.82) is 0 Å². The molecule has 2 atom stereocenters. The maximum absolute atomic E-state index is 12.1. The molecule has 0 saturated carbocycles. The summed E-state index contributed by atoms with van der Waals surface area (Å²) in [6, 6.07) is 0.416. The van der Waals surface area contributed by atoms with Gasteiger partial charge in [0, 0.05) is 19.7 Å². The molecule has 5 heteroatoms. The fourth-order valence-electron chi connectivity index (χ4n) is 2.74. The van der Waals surface area contributed by atoms with Crippen LogP contribution in [0.4, 0.5) is 0 Å². The van der Waals surface area contributed by atoms with Crippen molar-refractivity contribution < 1.29 is 9.53 Å². The molecule has 0 aromatic rings. The first kappa shape index (κ1) is 15.7.